The lowest BCUT2D eigenvalue weighted by Crippen LogP contribution is -2.15. The minimum atomic E-state index is -0.725. The number of nitrogens with zero attached hydrogens (tertiary/aromatic N) is 1. The fraction of sp³-hybridized carbons (Fsp3) is 0.143. The summed E-state index contributed by atoms with van der Waals surface area (Å²) < 4.78 is 0.948. The number of rotatable bonds is 7. The molecule has 5 nitrogen and oxygen atoms in total. The molecule has 0 bridgehead atoms. The summed E-state index contributed by atoms with van der Waals surface area (Å²) >= 11 is 9.35. The van der Waals surface area contributed by atoms with E-state index in [-0.39, 0.29) is 11.7 Å². The van der Waals surface area contributed by atoms with Gasteiger partial charge in [-0.2, -0.15) is 0 Å². The number of nitro benzene ring substituents is 1. The molecule has 3 rings (SSSR count). The molecule has 2 atom stereocenters. The monoisotopic (exact) mass is 460 g/mol. The summed E-state index contributed by atoms with van der Waals surface area (Å²) in [6.07, 6.45) is -0.344. The number of benzene rings is 3. The van der Waals surface area contributed by atoms with Crippen molar-refractivity contribution >= 4 is 38.9 Å². The first kappa shape index (κ1) is 20.3. The molecule has 0 aliphatic rings. The van der Waals surface area contributed by atoms with E-state index in [1.165, 1.54) is 12.1 Å². The predicted octanol–water partition coefficient (Wildman–Crippen LogP) is 6.29. The normalized spacial score (nSPS) is 13.0. The van der Waals surface area contributed by atoms with E-state index in [2.05, 4.69) is 21.2 Å². The molecule has 0 amide bonds. The average Bonchev–Trinajstić information content (AvgIpc) is 2.68. The zero-order valence-corrected chi connectivity index (χ0v) is 17.1. The molecule has 2 N–H and O–H groups in total. The maximum absolute atomic E-state index is 11.1. The van der Waals surface area contributed by atoms with Gasteiger partial charge in [-0.05, 0) is 41.5 Å². The largest absolute Gasteiger partial charge is 0.388 e. The van der Waals surface area contributed by atoms with Gasteiger partial charge in [0.15, 0.2) is 0 Å². The van der Waals surface area contributed by atoms with Crippen LogP contribution in [-0.4, -0.2) is 10.0 Å². The van der Waals surface area contributed by atoms with Crippen molar-refractivity contribution in [3.63, 3.8) is 0 Å². The number of hydrogen-bond donors (Lipinski definition) is 2. The molecular formula is C21H18BrClN2O3. The Morgan fingerprint density at radius 3 is 2.32 bits per heavy atom. The van der Waals surface area contributed by atoms with Crippen LogP contribution in [0.25, 0.3) is 0 Å². The molecule has 7 heteroatoms. The third-order valence-corrected chi connectivity index (χ3v) is 5.16. The Balaban J connectivity index is 1.86. The Morgan fingerprint density at radius 1 is 1.04 bits per heavy atom. The summed E-state index contributed by atoms with van der Waals surface area (Å²) in [5.41, 5.74) is 2.35. The van der Waals surface area contributed by atoms with Crippen LogP contribution in [-0.2, 0) is 0 Å². The Hall–Kier alpha value is -2.41. The number of aliphatic hydroxyl groups is 1. The first-order chi connectivity index (χ1) is 13.4. The Kier molecular flexibility index (Phi) is 6.67. The third kappa shape index (κ3) is 5.32. The second-order valence-corrected chi connectivity index (χ2v) is 7.71. The van der Waals surface area contributed by atoms with Gasteiger partial charge in [0.05, 0.1) is 17.1 Å². The van der Waals surface area contributed by atoms with E-state index in [9.17, 15) is 15.2 Å². The summed E-state index contributed by atoms with van der Waals surface area (Å²) in [6, 6.07) is 20.9. The molecule has 2 unspecified atom stereocenters. The van der Waals surface area contributed by atoms with E-state index in [0.717, 1.165) is 15.6 Å². The van der Waals surface area contributed by atoms with Crippen LogP contribution in [0.3, 0.4) is 0 Å². The van der Waals surface area contributed by atoms with E-state index in [4.69, 9.17) is 11.6 Å². The summed E-state index contributed by atoms with van der Waals surface area (Å²) in [6.45, 7) is 0. The summed E-state index contributed by atoms with van der Waals surface area (Å²) in [7, 11) is 0. The molecule has 28 heavy (non-hydrogen) atoms. The summed E-state index contributed by atoms with van der Waals surface area (Å²) in [5.74, 6) is 0. The van der Waals surface area contributed by atoms with Crippen molar-refractivity contribution in [3.8, 4) is 0 Å². The molecule has 0 aromatic heterocycles. The van der Waals surface area contributed by atoms with E-state index >= 15 is 0 Å². The summed E-state index contributed by atoms with van der Waals surface area (Å²) in [5, 5.41) is 25.7. The van der Waals surface area contributed by atoms with Crippen molar-refractivity contribution in [2.45, 2.75) is 18.6 Å². The molecule has 0 saturated carbocycles. The van der Waals surface area contributed by atoms with E-state index in [1.807, 2.05) is 24.3 Å². The smallest absolute Gasteiger partial charge is 0.271 e. The van der Waals surface area contributed by atoms with Gasteiger partial charge in [0.2, 0.25) is 0 Å². The molecule has 0 radical (unpaired) electrons. The molecule has 0 fully saturated rings. The van der Waals surface area contributed by atoms with Gasteiger partial charge >= 0.3 is 0 Å². The van der Waals surface area contributed by atoms with E-state index < -0.39 is 11.0 Å². The Morgan fingerprint density at radius 2 is 1.68 bits per heavy atom. The van der Waals surface area contributed by atoms with Crippen LogP contribution < -0.4 is 5.32 Å². The first-order valence-corrected chi connectivity index (χ1v) is 9.79. The second kappa shape index (κ2) is 9.19. The molecule has 3 aromatic rings. The van der Waals surface area contributed by atoms with Gasteiger partial charge in [0.25, 0.3) is 5.69 Å². The van der Waals surface area contributed by atoms with Crippen molar-refractivity contribution in [3.05, 3.63) is 104 Å². The zero-order chi connectivity index (χ0) is 20.1. The van der Waals surface area contributed by atoms with Crippen LogP contribution >= 0.6 is 27.5 Å². The molecule has 0 spiro atoms. The lowest BCUT2D eigenvalue weighted by molar-refractivity contribution is -0.384. The Bertz CT molecular complexity index is 949. The molecule has 144 valence electrons. The summed E-state index contributed by atoms with van der Waals surface area (Å²) in [4.78, 5) is 10.6. The molecule has 0 saturated heterocycles. The maximum atomic E-state index is 11.1. The van der Waals surface area contributed by atoms with E-state index in [0.29, 0.717) is 17.1 Å². The van der Waals surface area contributed by atoms with Gasteiger partial charge < -0.3 is 10.4 Å². The third-order valence-electron chi connectivity index (χ3n) is 4.38. The van der Waals surface area contributed by atoms with Crippen molar-refractivity contribution in [1.29, 1.82) is 0 Å². The average molecular weight is 462 g/mol. The quantitative estimate of drug-likeness (QED) is 0.320. The van der Waals surface area contributed by atoms with Gasteiger partial charge in [-0.3, -0.25) is 10.1 Å². The maximum Gasteiger partial charge on any atom is 0.271 e. The minimum Gasteiger partial charge on any atom is -0.388 e. The van der Waals surface area contributed by atoms with E-state index in [1.54, 1.807) is 36.4 Å². The standard InChI is InChI=1S/C21H18BrClN2O3/c22-16-8-4-14(5-9-16)20(13-21(26)15-6-10-17(23)11-7-15)24-18-2-1-3-19(12-18)25(27)28/h1-12,20-21,24,26H,13H2. The fourth-order valence-electron chi connectivity index (χ4n) is 2.93. The van der Waals surface area contributed by atoms with Crippen LogP contribution in [0.15, 0.2) is 77.3 Å². The van der Waals surface area contributed by atoms with Crippen LogP contribution in [0.1, 0.15) is 29.7 Å². The highest BCUT2D eigenvalue weighted by Crippen LogP contribution is 2.31. The molecule has 0 aliphatic carbocycles. The Labute approximate surface area is 176 Å². The van der Waals surface area contributed by atoms with Gasteiger partial charge in [-0.15, -0.1) is 0 Å². The van der Waals surface area contributed by atoms with Crippen molar-refractivity contribution in [2.75, 3.05) is 5.32 Å². The number of non-ortho nitro benzene ring substituents is 1. The first-order valence-electron chi connectivity index (χ1n) is 8.62. The number of nitro groups is 1. The van der Waals surface area contributed by atoms with Crippen LogP contribution in [0, 0.1) is 10.1 Å². The fourth-order valence-corrected chi connectivity index (χ4v) is 3.32. The van der Waals surface area contributed by atoms with Gasteiger partial charge in [0.1, 0.15) is 0 Å². The minimum absolute atomic E-state index is 0.0119. The van der Waals surface area contributed by atoms with Crippen molar-refractivity contribution in [1.82, 2.24) is 0 Å². The van der Waals surface area contributed by atoms with Gasteiger partial charge in [0, 0.05) is 33.7 Å². The van der Waals surface area contributed by atoms with Gasteiger partial charge in [-0.25, -0.2) is 0 Å². The number of hydrogen-bond acceptors (Lipinski definition) is 4. The lowest BCUT2D eigenvalue weighted by Gasteiger charge is -2.23. The number of nitrogens with one attached hydrogen (secondary N) is 1. The lowest BCUT2D eigenvalue weighted by atomic mass is 9.96. The van der Waals surface area contributed by atoms with Crippen LogP contribution in [0.2, 0.25) is 5.02 Å². The van der Waals surface area contributed by atoms with Crippen LogP contribution in [0.5, 0.6) is 0 Å². The van der Waals surface area contributed by atoms with Crippen molar-refractivity contribution < 1.29 is 10.0 Å². The topological polar surface area (TPSA) is 75.4 Å². The highest BCUT2D eigenvalue weighted by molar-refractivity contribution is 9.10. The molecular weight excluding hydrogens is 444 g/mol. The predicted molar refractivity (Wildman–Crippen MR) is 115 cm³/mol. The molecule has 3 aromatic carbocycles. The van der Waals surface area contributed by atoms with Crippen molar-refractivity contribution in [2.24, 2.45) is 0 Å². The SMILES string of the molecule is O=[N+]([O-])c1cccc(NC(CC(O)c2ccc(Cl)cc2)c2ccc(Br)cc2)c1. The highest BCUT2D eigenvalue weighted by Gasteiger charge is 2.19. The number of anilines is 1. The molecule has 0 heterocycles. The highest BCUT2D eigenvalue weighted by atomic mass is 79.9. The van der Waals surface area contributed by atoms with Gasteiger partial charge in [-0.1, -0.05) is 57.9 Å². The van der Waals surface area contributed by atoms with Crippen LogP contribution in [0.4, 0.5) is 11.4 Å². The molecule has 0 aliphatic heterocycles. The number of halogens is 2. The second-order valence-electron chi connectivity index (χ2n) is 6.36. The number of aliphatic hydroxyl groups excluding tert-OH is 1. The zero-order valence-electron chi connectivity index (χ0n) is 14.8.